The molecule has 2 aromatic rings. The molecule has 9 heteroatoms. The van der Waals surface area contributed by atoms with E-state index in [-0.39, 0.29) is 22.6 Å². The molecule has 2 N–H and O–H groups in total. The minimum atomic E-state index is -4.57. The first-order valence-corrected chi connectivity index (χ1v) is 10.3. The van der Waals surface area contributed by atoms with E-state index in [0.29, 0.717) is 18.7 Å². The lowest BCUT2D eigenvalue weighted by molar-refractivity contribution is -0.137. The zero-order valence-corrected chi connectivity index (χ0v) is 17.1. The third-order valence-corrected chi connectivity index (χ3v) is 5.86. The molecule has 0 aliphatic heterocycles. The number of aliphatic hydroxyl groups excluding tert-OH is 1. The Hall–Kier alpha value is -2.00. The van der Waals surface area contributed by atoms with Crippen molar-refractivity contribution in [1.82, 2.24) is 4.57 Å². The van der Waals surface area contributed by atoms with Crippen molar-refractivity contribution >= 4 is 15.7 Å². The lowest BCUT2D eigenvalue weighted by atomic mass is 9.92. The van der Waals surface area contributed by atoms with Crippen LogP contribution in [0.5, 0.6) is 0 Å². The van der Waals surface area contributed by atoms with Crippen LogP contribution in [0.4, 0.5) is 18.9 Å². The average molecular weight is 418 g/mol. The van der Waals surface area contributed by atoms with Crippen LogP contribution in [0.25, 0.3) is 0 Å². The molecule has 1 aromatic heterocycles. The lowest BCUT2D eigenvalue weighted by Crippen LogP contribution is -2.19. The van der Waals surface area contributed by atoms with Gasteiger partial charge < -0.3 is 9.67 Å². The molecule has 5 nitrogen and oxygen atoms in total. The van der Waals surface area contributed by atoms with Gasteiger partial charge in [-0.05, 0) is 37.6 Å². The van der Waals surface area contributed by atoms with E-state index in [1.54, 1.807) is 13.0 Å². The molecule has 0 saturated carbocycles. The normalized spacial score (nSPS) is 13.0. The Bertz CT molecular complexity index is 942. The van der Waals surface area contributed by atoms with Crippen molar-refractivity contribution in [2.24, 2.45) is 0 Å². The minimum absolute atomic E-state index is 0.00720. The summed E-state index contributed by atoms with van der Waals surface area (Å²) in [5.41, 5.74) is -0.208. The third kappa shape index (κ3) is 4.88. The molecule has 0 fully saturated rings. The van der Waals surface area contributed by atoms with Gasteiger partial charge >= 0.3 is 6.18 Å². The van der Waals surface area contributed by atoms with E-state index >= 15 is 0 Å². The number of hydrogen-bond acceptors (Lipinski definition) is 3. The number of aliphatic hydroxyl groups is 1. The SMILES string of the molecule is Cc1c(S(=O)(=O)Nc2cccc(C(F)(F)F)c2)cc(C(C)(C)C)n1CCCO. The largest absolute Gasteiger partial charge is 0.416 e. The smallest absolute Gasteiger partial charge is 0.396 e. The van der Waals surface area contributed by atoms with Crippen molar-refractivity contribution in [3.63, 3.8) is 0 Å². The zero-order valence-electron chi connectivity index (χ0n) is 16.3. The number of anilines is 1. The Balaban J connectivity index is 2.47. The molecule has 0 saturated heterocycles. The Kier molecular flexibility index (Phi) is 6.20. The number of hydrogen-bond donors (Lipinski definition) is 2. The van der Waals surface area contributed by atoms with Crippen LogP contribution < -0.4 is 4.72 Å². The molecule has 0 spiro atoms. The van der Waals surface area contributed by atoms with Crippen molar-refractivity contribution in [2.45, 2.75) is 57.1 Å². The van der Waals surface area contributed by atoms with Gasteiger partial charge in [-0.25, -0.2) is 8.42 Å². The fourth-order valence-corrected chi connectivity index (χ4v) is 4.31. The highest BCUT2D eigenvalue weighted by Crippen LogP contribution is 2.33. The number of nitrogens with zero attached hydrogens (tertiary/aromatic N) is 1. The summed E-state index contributed by atoms with van der Waals surface area (Å²) in [5.74, 6) is 0. The number of halogens is 3. The molecule has 0 atom stereocenters. The fourth-order valence-electron chi connectivity index (χ4n) is 3.00. The van der Waals surface area contributed by atoms with E-state index < -0.39 is 21.8 Å². The first kappa shape index (κ1) is 22.3. The van der Waals surface area contributed by atoms with Crippen molar-refractivity contribution in [3.8, 4) is 0 Å². The van der Waals surface area contributed by atoms with Crippen LogP contribution in [0.2, 0.25) is 0 Å². The van der Waals surface area contributed by atoms with Gasteiger partial charge in [-0.1, -0.05) is 26.8 Å². The highest BCUT2D eigenvalue weighted by molar-refractivity contribution is 7.92. The molecule has 0 aliphatic carbocycles. The summed E-state index contributed by atoms with van der Waals surface area (Å²) >= 11 is 0. The van der Waals surface area contributed by atoms with Crippen LogP contribution in [0.15, 0.2) is 35.2 Å². The molecule has 1 aromatic carbocycles. The summed E-state index contributed by atoms with van der Waals surface area (Å²) in [6, 6.07) is 5.62. The molecule has 0 bridgehead atoms. The summed E-state index contributed by atoms with van der Waals surface area (Å²) in [4.78, 5) is 0.00720. The number of benzene rings is 1. The van der Waals surface area contributed by atoms with Gasteiger partial charge in [0, 0.05) is 35.6 Å². The first-order valence-electron chi connectivity index (χ1n) is 8.79. The van der Waals surface area contributed by atoms with E-state index in [4.69, 9.17) is 5.11 Å². The molecule has 28 heavy (non-hydrogen) atoms. The zero-order chi connectivity index (χ0) is 21.3. The standard InChI is InChI=1S/C19H25F3N2O3S/c1-13-16(12-17(18(2,3)4)24(13)9-6-10-25)28(26,27)23-15-8-5-7-14(11-15)19(20,21)22/h5,7-8,11-12,23,25H,6,9-10H2,1-4H3. The summed E-state index contributed by atoms with van der Waals surface area (Å²) in [5, 5.41) is 9.13. The predicted molar refractivity (Wildman–Crippen MR) is 102 cm³/mol. The van der Waals surface area contributed by atoms with Crippen LogP contribution in [0.1, 0.15) is 44.1 Å². The quantitative estimate of drug-likeness (QED) is 0.735. The van der Waals surface area contributed by atoms with Crippen LogP contribution in [-0.2, 0) is 28.2 Å². The van der Waals surface area contributed by atoms with Gasteiger partial charge in [0.1, 0.15) is 4.90 Å². The Morgan fingerprint density at radius 2 is 1.79 bits per heavy atom. The second kappa shape index (κ2) is 7.79. The van der Waals surface area contributed by atoms with Gasteiger partial charge in [-0.15, -0.1) is 0 Å². The number of aromatic nitrogens is 1. The van der Waals surface area contributed by atoms with E-state index in [0.717, 1.165) is 23.9 Å². The minimum Gasteiger partial charge on any atom is -0.396 e. The summed E-state index contributed by atoms with van der Waals surface area (Å²) in [6.45, 7) is 7.86. The summed E-state index contributed by atoms with van der Waals surface area (Å²) in [7, 11) is -4.09. The van der Waals surface area contributed by atoms with E-state index in [1.807, 2.05) is 25.3 Å². The van der Waals surface area contributed by atoms with Crippen LogP contribution >= 0.6 is 0 Å². The van der Waals surface area contributed by atoms with Gasteiger partial charge in [-0.2, -0.15) is 13.2 Å². The van der Waals surface area contributed by atoms with Crippen LogP contribution in [0.3, 0.4) is 0 Å². The summed E-state index contributed by atoms with van der Waals surface area (Å²) < 4.78 is 68.5. The van der Waals surface area contributed by atoms with Crippen LogP contribution in [-0.4, -0.2) is 24.7 Å². The van der Waals surface area contributed by atoms with Crippen molar-refractivity contribution < 1.29 is 26.7 Å². The van der Waals surface area contributed by atoms with Gasteiger partial charge in [0.05, 0.1) is 5.56 Å². The van der Waals surface area contributed by atoms with Crippen molar-refractivity contribution in [3.05, 3.63) is 47.3 Å². The number of rotatable bonds is 6. The lowest BCUT2D eigenvalue weighted by Gasteiger charge is -2.22. The highest BCUT2D eigenvalue weighted by atomic mass is 32.2. The van der Waals surface area contributed by atoms with Gasteiger partial charge in [0.15, 0.2) is 0 Å². The average Bonchev–Trinajstić information content (AvgIpc) is 2.89. The molecule has 0 aliphatic rings. The second-order valence-corrected chi connectivity index (χ2v) is 9.29. The molecule has 1 heterocycles. The van der Waals surface area contributed by atoms with Crippen molar-refractivity contribution in [2.75, 3.05) is 11.3 Å². The number of alkyl halides is 3. The van der Waals surface area contributed by atoms with Gasteiger partial charge in [0.25, 0.3) is 10.0 Å². The molecular formula is C19H25F3N2O3S. The van der Waals surface area contributed by atoms with E-state index in [1.165, 1.54) is 6.07 Å². The maximum Gasteiger partial charge on any atom is 0.416 e. The van der Waals surface area contributed by atoms with Crippen molar-refractivity contribution in [1.29, 1.82) is 0 Å². The first-order chi connectivity index (χ1) is 12.8. The number of sulfonamides is 1. The van der Waals surface area contributed by atoms with E-state index in [2.05, 4.69) is 4.72 Å². The maximum absolute atomic E-state index is 12.9. The molecule has 0 radical (unpaired) electrons. The Morgan fingerprint density at radius 3 is 2.32 bits per heavy atom. The Morgan fingerprint density at radius 1 is 1.14 bits per heavy atom. The topological polar surface area (TPSA) is 71.3 Å². The van der Waals surface area contributed by atoms with Gasteiger partial charge in [0.2, 0.25) is 0 Å². The number of nitrogens with one attached hydrogen (secondary N) is 1. The van der Waals surface area contributed by atoms with Crippen LogP contribution in [0, 0.1) is 6.92 Å². The maximum atomic E-state index is 12.9. The predicted octanol–water partition coefficient (Wildman–Crippen LogP) is 4.30. The molecule has 156 valence electrons. The fraction of sp³-hybridized carbons (Fsp3) is 0.474. The second-order valence-electron chi connectivity index (χ2n) is 7.64. The molecule has 2 rings (SSSR count). The monoisotopic (exact) mass is 418 g/mol. The molecule has 0 amide bonds. The molecule has 0 unspecified atom stereocenters. The molecular weight excluding hydrogens is 393 g/mol. The highest BCUT2D eigenvalue weighted by Gasteiger charge is 2.31. The third-order valence-electron chi connectivity index (χ3n) is 4.36. The van der Waals surface area contributed by atoms with E-state index in [9.17, 15) is 21.6 Å². The van der Waals surface area contributed by atoms with Gasteiger partial charge in [-0.3, -0.25) is 4.72 Å². The summed E-state index contributed by atoms with van der Waals surface area (Å²) in [6.07, 6.45) is -4.11. The Labute approximate surface area is 163 Å².